The SMILES string of the molecule is CCCCCC.Cc1ccc(-c2cc3c(cc2C(F)F)N(C)CCC3)s1. The molecule has 0 N–H and O–H groups in total. The largest absolute Gasteiger partial charge is 0.374 e. The number of benzene rings is 1. The first-order valence-electron chi connectivity index (χ1n) is 9.70. The van der Waals surface area contributed by atoms with Gasteiger partial charge in [-0.25, -0.2) is 8.78 Å². The summed E-state index contributed by atoms with van der Waals surface area (Å²) < 4.78 is 26.8. The predicted molar refractivity (Wildman–Crippen MR) is 111 cm³/mol. The molecule has 2 aromatic rings. The van der Waals surface area contributed by atoms with Gasteiger partial charge < -0.3 is 4.90 Å². The number of thiophene rings is 1. The molecule has 0 spiro atoms. The Morgan fingerprint density at radius 2 is 1.81 bits per heavy atom. The van der Waals surface area contributed by atoms with E-state index in [-0.39, 0.29) is 5.56 Å². The molecule has 1 aliphatic rings. The normalized spacial score (nSPS) is 13.4. The van der Waals surface area contributed by atoms with Crippen molar-refractivity contribution in [2.75, 3.05) is 18.5 Å². The van der Waals surface area contributed by atoms with Crippen LogP contribution in [-0.4, -0.2) is 13.6 Å². The quantitative estimate of drug-likeness (QED) is 0.483. The fourth-order valence-corrected chi connectivity index (χ4v) is 4.21. The average Bonchev–Trinajstić information content (AvgIpc) is 3.06. The molecule has 4 heteroatoms. The molecule has 26 heavy (non-hydrogen) atoms. The van der Waals surface area contributed by atoms with Crippen molar-refractivity contribution in [3.8, 4) is 10.4 Å². The van der Waals surface area contributed by atoms with Gasteiger partial charge in [0.15, 0.2) is 0 Å². The maximum absolute atomic E-state index is 13.4. The number of alkyl halides is 2. The molecule has 0 saturated carbocycles. The second-order valence-corrected chi connectivity index (χ2v) is 8.30. The van der Waals surface area contributed by atoms with E-state index in [0.29, 0.717) is 5.56 Å². The van der Waals surface area contributed by atoms with Crippen LogP contribution in [0.15, 0.2) is 24.3 Å². The van der Waals surface area contributed by atoms with Crippen molar-refractivity contribution in [1.82, 2.24) is 0 Å². The summed E-state index contributed by atoms with van der Waals surface area (Å²) in [4.78, 5) is 4.16. The molecular weight excluding hydrogens is 348 g/mol. The average molecular weight is 380 g/mol. The fourth-order valence-electron chi connectivity index (χ4n) is 3.31. The molecular formula is C22H31F2NS. The minimum absolute atomic E-state index is 0.152. The van der Waals surface area contributed by atoms with Gasteiger partial charge in [0, 0.05) is 40.2 Å². The van der Waals surface area contributed by atoms with Crippen LogP contribution in [0, 0.1) is 6.92 Å². The van der Waals surface area contributed by atoms with Crippen LogP contribution >= 0.6 is 11.3 Å². The highest BCUT2D eigenvalue weighted by Gasteiger charge is 2.22. The smallest absolute Gasteiger partial charge is 0.264 e. The van der Waals surface area contributed by atoms with Crippen molar-refractivity contribution in [3.63, 3.8) is 0 Å². The first-order valence-corrected chi connectivity index (χ1v) is 10.5. The van der Waals surface area contributed by atoms with E-state index >= 15 is 0 Å². The summed E-state index contributed by atoms with van der Waals surface area (Å²) in [5, 5.41) is 0. The zero-order valence-corrected chi connectivity index (χ0v) is 17.3. The molecule has 144 valence electrons. The lowest BCUT2D eigenvalue weighted by molar-refractivity contribution is 0.152. The first-order chi connectivity index (χ1) is 12.5. The lowest BCUT2D eigenvalue weighted by atomic mass is 9.95. The molecule has 1 aromatic heterocycles. The summed E-state index contributed by atoms with van der Waals surface area (Å²) in [6, 6.07) is 7.59. The van der Waals surface area contributed by atoms with Crippen LogP contribution in [0.3, 0.4) is 0 Å². The minimum atomic E-state index is -2.44. The Bertz CT molecular complexity index is 689. The topological polar surface area (TPSA) is 3.24 Å². The van der Waals surface area contributed by atoms with E-state index in [4.69, 9.17) is 0 Å². The predicted octanol–water partition coefficient (Wildman–Crippen LogP) is 7.63. The maximum Gasteiger partial charge on any atom is 0.264 e. The lowest BCUT2D eigenvalue weighted by Gasteiger charge is -2.29. The zero-order chi connectivity index (χ0) is 19.1. The molecule has 0 bridgehead atoms. The molecule has 0 fully saturated rings. The highest BCUT2D eigenvalue weighted by Crippen LogP contribution is 2.40. The molecule has 1 nitrogen and oxygen atoms in total. The molecule has 0 saturated heterocycles. The van der Waals surface area contributed by atoms with Gasteiger partial charge in [-0.05, 0) is 49.6 Å². The Hall–Kier alpha value is -1.42. The van der Waals surface area contributed by atoms with Gasteiger partial charge in [0.25, 0.3) is 6.43 Å². The van der Waals surface area contributed by atoms with Gasteiger partial charge in [-0.3, -0.25) is 0 Å². The zero-order valence-electron chi connectivity index (χ0n) is 16.4. The Morgan fingerprint density at radius 1 is 1.12 bits per heavy atom. The van der Waals surface area contributed by atoms with Crippen molar-refractivity contribution in [2.45, 2.75) is 65.7 Å². The van der Waals surface area contributed by atoms with Gasteiger partial charge in [-0.2, -0.15) is 0 Å². The Morgan fingerprint density at radius 3 is 2.35 bits per heavy atom. The molecule has 0 atom stereocenters. The van der Waals surface area contributed by atoms with E-state index in [0.717, 1.165) is 34.8 Å². The highest BCUT2D eigenvalue weighted by atomic mass is 32.1. The van der Waals surface area contributed by atoms with Gasteiger partial charge in [0.1, 0.15) is 0 Å². The molecule has 2 heterocycles. The van der Waals surface area contributed by atoms with Gasteiger partial charge in [-0.15, -0.1) is 11.3 Å². The van der Waals surface area contributed by atoms with Crippen LogP contribution in [0.25, 0.3) is 10.4 Å². The monoisotopic (exact) mass is 379 g/mol. The van der Waals surface area contributed by atoms with Crippen molar-refractivity contribution in [1.29, 1.82) is 0 Å². The number of hydrogen-bond donors (Lipinski definition) is 0. The molecule has 0 unspecified atom stereocenters. The van der Waals surface area contributed by atoms with Crippen molar-refractivity contribution >= 4 is 17.0 Å². The van der Waals surface area contributed by atoms with Crippen LogP contribution in [0.4, 0.5) is 14.5 Å². The van der Waals surface area contributed by atoms with Crippen molar-refractivity contribution in [2.24, 2.45) is 0 Å². The first kappa shape index (κ1) is 20.9. The second kappa shape index (κ2) is 10.1. The number of aryl methyl sites for hydroxylation is 2. The summed E-state index contributed by atoms with van der Waals surface area (Å²) in [5.41, 5.74) is 3.00. The van der Waals surface area contributed by atoms with E-state index in [1.165, 1.54) is 31.2 Å². The Labute approximate surface area is 161 Å². The third kappa shape index (κ3) is 5.29. The van der Waals surface area contributed by atoms with Crippen molar-refractivity contribution < 1.29 is 8.78 Å². The standard InChI is InChI=1S/C16H17F2NS.C6H14/c1-10-5-6-15(20-10)12-8-11-4-3-7-19(2)14(11)9-13(12)16(17)18;1-3-5-6-4-2/h5-6,8-9,16H,3-4,7H2,1-2H3;3-6H2,1-2H3. The van der Waals surface area contributed by atoms with E-state index in [1.807, 2.05) is 32.2 Å². The van der Waals surface area contributed by atoms with Gasteiger partial charge in [-0.1, -0.05) is 39.5 Å². The van der Waals surface area contributed by atoms with Crippen LogP contribution in [0.1, 0.15) is 68.4 Å². The summed E-state index contributed by atoms with van der Waals surface area (Å²) in [5.74, 6) is 0. The number of fused-ring (bicyclic) bond motifs is 1. The molecule has 0 amide bonds. The van der Waals surface area contributed by atoms with E-state index in [1.54, 1.807) is 17.4 Å². The van der Waals surface area contributed by atoms with Crippen molar-refractivity contribution in [3.05, 3.63) is 40.3 Å². The number of halogens is 2. The van der Waals surface area contributed by atoms with E-state index < -0.39 is 6.43 Å². The number of rotatable bonds is 5. The third-order valence-electron chi connectivity index (χ3n) is 4.80. The van der Waals surface area contributed by atoms with Crippen LogP contribution in [0.5, 0.6) is 0 Å². The number of anilines is 1. The Balaban J connectivity index is 0.000000352. The maximum atomic E-state index is 13.4. The summed E-state index contributed by atoms with van der Waals surface area (Å²) in [7, 11) is 1.97. The van der Waals surface area contributed by atoms with Gasteiger partial charge >= 0.3 is 0 Å². The highest BCUT2D eigenvalue weighted by molar-refractivity contribution is 7.15. The van der Waals surface area contributed by atoms with Gasteiger partial charge in [0.2, 0.25) is 0 Å². The molecule has 1 aliphatic heterocycles. The van der Waals surface area contributed by atoms with Crippen LogP contribution in [0.2, 0.25) is 0 Å². The third-order valence-corrected chi connectivity index (χ3v) is 5.83. The lowest BCUT2D eigenvalue weighted by Crippen LogP contribution is -2.24. The molecule has 3 rings (SSSR count). The minimum Gasteiger partial charge on any atom is -0.374 e. The summed E-state index contributed by atoms with van der Waals surface area (Å²) in [6.45, 7) is 7.40. The number of unbranched alkanes of at least 4 members (excludes halogenated alkanes) is 3. The molecule has 0 aliphatic carbocycles. The van der Waals surface area contributed by atoms with E-state index in [9.17, 15) is 8.78 Å². The van der Waals surface area contributed by atoms with Gasteiger partial charge in [0.05, 0.1) is 0 Å². The number of hydrogen-bond acceptors (Lipinski definition) is 2. The Kier molecular flexibility index (Phi) is 8.08. The fraction of sp³-hybridized carbons (Fsp3) is 0.545. The van der Waals surface area contributed by atoms with Crippen LogP contribution in [-0.2, 0) is 6.42 Å². The summed E-state index contributed by atoms with van der Waals surface area (Å²) in [6.07, 6.45) is 5.16. The molecule has 0 radical (unpaired) electrons. The summed E-state index contributed by atoms with van der Waals surface area (Å²) >= 11 is 1.58. The molecule has 1 aromatic carbocycles. The second-order valence-electron chi connectivity index (χ2n) is 7.01. The van der Waals surface area contributed by atoms with Crippen LogP contribution < -0.4 is 4.90 Å². The number of nitrogens with zero attached hydrogens (tertiary/aromatic N) is 1. The van der Waals surface area contributed by atoms with E-state index in [2.05, 4.69) is 18.7 Å².